The molecule has 0 unspecified atom stereocenters. The third-order valence-electron chi connectivity index (χ3n) is 4.48. The Morgan fingerprint density at radius 1 is 1.15 bits per heavy atom. The highest BCUT2D eigenvalue weighted by molar-refractivity contribution is 6.35. The molecule has 0 N–H and O–H groups in total. The van der Waals surface area contributed by atoms with Crippen molar-refractivity contribution in [2.45, 2.75) is 12.7 Å². The van der Waals surface area contributed by atoms with Crippen LogP contribution in [0.1, 0.15) is 0 Å². The second-order valence-electron chi connectivity index (χ2n) is 6.35. The van der Waals surface area contributed by atoms with Gasteiger partial charge >= 0.3 is 0 Å². The number of carbonyl (C=O) groups is 1. The van der Waals surface area contributed by atoms with Crippen LogP contribution in [0.5, 0.6) is 0 Å². The molecule has 1 fully saturated rings. The second kappa shape index (κ2) is 6.53. The summed E-state index contributed by atoms with van der Waals surface area (Å²) < 4.78 is 54.7. The van der Waals surface area contributed by atoms with E-state index in [4.69, 9.17) is 11.6 Å². The first-order valence-corrected chi connectivity index (χ1v) is 8.42. The fourth-order valence-electron chi connectivity index (χ4n) is 3.01. The first-order valence-electron chi connectivity index (χ1n) is 8.04. The minimum atomic E-state index is -1.55. The summed E-state index contributed by atoms with van der Waals surface area (Å²) in [5, 5.41) is 0.299. The SMILES string of the molecule is O=C(Cn1cc(Cl)c2ncc(-c3cc(F)c(F)c(F)c3)cc21)N1CC(F)C1. The molecule has 0 spiro atoms. The van der Waals surface area contributed by atoms with Crippen LogP contribution >= 0.6 is 11.6 Å². The summed E-state index contributed by atoms with van der Waals surface area (Å²) in [5.74, 6) is -4.45. The molecule has 9 heteroatoms. The third kappa shape index (κ3) is 3.14. The molecule has 140 valence electrons. The fraction of sp³-hybridized carbons (Fsp3) is 0.222. The van der Waals surface area contributed by atoms with Gasteiger partial charge < -0.3 is 9.47 Å². The number of pyridine rings is 1. The van der Waals surface area contributed by atoms with Crippen molar-refractivity contribution in [1.29, 1.82) is 0 Å². The Balaban J connectivity index is 1.72. The van der Waals surface area contributed by atoms with Crippen molar-refractivity contribution in [1.82, 2.24) is 14.5 Å². The quantitative estimate of drug-likeness (QED) is 0.496. The van der Waals surface area contributed by atoms with Crippen molar-refractivity contribution in [2.75, 3.05) is 13.1 Å². The summed E-state index contributed by atoms with van der Waals surface area (Å²) in [7, 11) is 0. The fourth-order valence-corrected chi connectivity index (χ4v) is 3.27. The van der Waals surface area contributed by atoms with Gasteiger partial charge in [0.25, 0.3) is 0 Å². The van der Waals surface area contributed by atoms with Gasteiger partial charge in [0.15, 0.2) is 17.5 Å². The number of halogens is 5. The summed E-state index contributed by atoms with van der Waals surface area (Å²) in [6.45, 7) is 0.0417. The number of rotatable bonds is 3. The lowest BCUT2D eigenvalue weighted by Gasteiger charge is -2.34. The molecule has 3 heterocycles. The zero-order valence-corrected chi connectivity index (χ0v) is 14.5. The largest absolute Gasteiger partial charge is 0.335 e. The number of aromatic nitrogens is 2. The van der Waals surface area contributed by atoms with E-state index in [-0.39, 0.29) is 31.1 Å². The van der Waals surface area contributed by atoms with Gasteiger partial charge in [0.05, 0.1) is 23.6 Å². The topological polar surface area (TPSA) is 38.1 Å². The van der Waals surface area contributed by atoms with Gasteiger partial charge in [-0.15, -0.1) is 0 Å². The van der Waals surface area contributed by atoms with Gasteiger partial charge in [0.1, 0.15) is 18.2 Å². The van der Waals surface area contributed by atoms with E-state index in [1.165, 1.54) is 21.9 Å². The average molecular weight is 398 g/mol. The molecule has 1 aromatic carbocycles. The van der Waals surface area contributed by atoms with Crippen LogP contribution < -0.4 is 0 Å². The third-order valence-corrected chi connectivity index (χ3v) is 4.76. The van der Waals surface area contributed by atoms with Gasteiger partial charge in [-0.1, -0.05) is 11.6 Å². The van der Waals surface area contributed by atoms with Gasteiger partial charge in [0.2, 0.25) is 5.91 Å². The molecule has 4 nitrogen and oxygen atoms in total. The summed E-state index contributed by atoms with van der Waals surface area (Å²) in [6.07, 6.45) is 1.87. The van der Waals surface area contributed by atoms with Gasteiger partial charge in [-0.3, -0.25) is 9.78 Å². The summed E-state index contributed by atoms with van der Waals surface area (Å²) in [5.41, 5.74) is 1.30. The Hall–Kier alpha value is -2.61. The first kappa shape index (κ1) is 17.8. The Morgan fingerprint density at radius 2 is 1.81 bits per heavy atom. The average Bonchev–Trinajstić information content (AvgIpc) is 2.91. The van der Waals surface area contributed by atoms with E-state index in [1.54, 1.807) is 6.07 Å². The van der Waals surface area contributed by atoms with E-state index >= 15 is 0 Å². The number of carbonyl (C=O) groups excluding carboxylic acids is 1. The maximum Gasteiger partial charge on any atom is 0.242 e. The number of benzene rings is 1. The standard InChI is InChI=1S/C18H12ClF4N3O/c19-12-7-25(8-16(27)26-5-11(20)6-26)15-3-10(4-24-18(12)15)9-1-13(21)17(23)14(22)2-9/h1-4,7,11H,5-6,8H2. The molecule has 0 radical (unpaired) electrons. The highest BCUT2D eigenvalue weighted by Crippen LogP contribution is 2.30. The number of alkyl halides is 1. The molecule has 0 aliphatic carbocycles. The van der Waals surface area contributed by atoms with E-state index in [9.17, 15) is 22.4 Å². The van der Waals surface area contributed by atoms with Crippen molar-refractivity contribution < 1.29 is 22.4 Å². The van der Waals surface area contributed by atoms with Gasteiger partial charge in [-0.25, -0.2) is 17.6 Å². The molecule has 0 saturated carbocycles. The normalized spacial score (nSPS) is 14.6. The van der Waals surface area contributed by atoms with Gasteiger partial charge in [-0.05, 0) is 23.8 Å². The van der Waals surface area contributed by atoms with Crippen LogP contribution in [0.4, 0.5) is 17.6 Å². The van der Waals surface area contributed by atoms with Crippen LogP contribution in [0.15, 0.2) is 30.6 Å². The molecular weight excluding hydrogens is 386 g/mol. The summed E-state index contributed by atoms with van der Waals surface area (Å²) in [4.78, 5) is 17.8. The summed E-state index contributed by atoms with van der Waals surface area (Å²) in [6, 6.07) is 3.28. The van der Waals surface area contributed by atoms with E-state index in [1.807, 2.05) is 0 Å². The predicted octanol–water partition coefficient (Wildman–Crippen LogP) is 3.95. The highest BCUT2D eigenvalue weighted by Gasteiger charge is 2.30. The van der Waals surface area contributed by atoms with Crippen LogP contribution in [0.3, 0.4) is 0 Å². The lowest BCUT2D eigenvalue weighted by Crippen LogP contribution is -2.52. The van der Waals surface area contributed by atoms with Crippen molar-refractivity contribution in [2.24, 2.45) is 0 Å². The van der Waals surface area contributed by atoms with Crippen LogP contribution in [0, 0.1) is 17.5 Å². The zero-order chi connectivity index (χ0) is 19.3. The number of fused-ring (bicyclic) bond motifs is 1. The Labute approximate surface area is 156 Å². The Bertz CT molecular complexity index is 1040. The van der Waals surface area contributed by atoms with E-state index in [0.29, 0.717) is 21.6 Å². The molecule has 0 bridgehead atoms. The summed E-state index contributed by atoms with van der Waals surface area (Å²) >= 11 is 6.14. The van der Waals surface area contributed by atoms with E-state index in [0.717, 1.165) is 12.1 Å². The number of nitrogens with zero attached hydrogens (tertiary/aromatic N) is 3. The minimum absolute atomic E-state index is 0.0589. The van der Waals surface area contributed by atoms with E-state index < -0.39 is 23.6 Å². The number of amides is 1. The molecule has 0 atom stereocenters. The molecule has 3 aromatic rings. The van der Waals surface area contributed by atoms with Crippen molar-refractivity contribution in [3.8, 4) is 11.1 Å². The molecule has 1 aliphatic rings. The Morgan fingerprint density at radius 3 is 2.44 bits per heavy atom. The van der Waals surface area contributed by atoms with Crippen LogP contribution in [0.2, 0.25) is 5.02 Å². The zero-order valence-electron chi connectivity index (χ0n) is 13.7. The molecule has 1 aliphatic heterocycles. The maximum absolute atomic E-state index is 13.5. The molecule has 1 saturated heterocycles. The van der Waals surface area contributed by atoms with Crippen molar-refractivity contribution in [3.05, 3.63) is 53.1 Å². The van der Waals surface area contributed by atoms with Crippen LogP contribution in [0.25, 0.3) is 22.2 Å². The van der Waals surface area contributed by atoms with Crippen molar-refractivity contribution >= 4 is 28.5 Å². The monoisotopic (exact) mass is 397 g/mol. The molecule has 2 aromatic heterocycles. The minimum Gasteiger partial charge on any atom is -0.335 e. The van der Waals surface area contributed by atoms with Gasteiger partial charge in [-0.2, -0.15) is 0 Å². The van der Waals surface area contributed by atoms with Crippen LogP contribution in [-0.4, -0.2) is 39.6 Å². The van der Waals surface area contributed by atoms with E-state index in [2.05, 4.69) is 4.98 Å². The lowest BCUT2D eigenvalue weighted by atomic mass is 10.1. The Kier molecular flexibility index (Phi) is 4.30. The highest BCUT2D eigenvalue weighted by atomic mass is 35.5. The lowest BCUT2D eigenvalue weighted by molar-refractivity contribution is -0.138. The molecule has 1 amide bonds. The number of likely N-dealkylation sites (tertiary alicyclic amines) is 1. The maximum atomic E-state index is 13.5. The van der Waals surface area contributed by atoms with Crippen molar-refractivity contribution in [3.63, 3.8) is 0 Å². The second-order valence-corrected chi connectivity index (χ2v) is 6.75. The molecule has 4 rings (SSSR count). The molecular formula is C18H12ClF4N3O. The van der Waals surface area contributed by atoms with Crippen LogP contribution in [-0.2, 0) is 11.3 Å². The number of hydrogen-bond acceptors (Lipinski definition) is 2. The number of hydrogen-bond donors (Lipinski definition) is 0. The smallest absolute Gasteiger partial charge is 0.242 e. The van der Waals surface area contributed by atoms with Gasteiger partial charge in [0, 0.05) is 18.0 Å². The first-order chi connectivity index (χ1) is 12.8. The molecule has 27 heavy (non-hydrogen) atoms. The predicted molar refractivity (Wildman–Crippen MR) is 91.5 cm³/mol.